The predicted molar refractivity (Wildman–Crippen MR) is 66.9 cm³/mol. The van der Waals surface area contributed by atoms with Gasteiger partial charge in [0.1, 0.15) is 0 Å². The second kappa shape index (κ2) is 4.92. The SMILES string of the molecule is CC1OCCC1C(N)c1ccc(Cl)c(Cl)c1. The van der Waals surface area contributed by atoms with Crippen molar-refractivity contribution < 1.29 is 4.74 Å². The highest BCUT2D eigenvalue weighted by molar-refractivity contribution is 6.42. The highest BCUT2D eigenvalue weighted by atomic mass is 35.5. The molecule has 1 aromatic carbocycles. The Bertz CT molecular complexity index is 383. The van der Waals surface area contributed by atoms with Gasteiger partial charge in [0, 0.05) is 18.6 Å². The number of nitrogens with two attached hydrogens (primary N) is 1. The minimum Gasteiger partial charge on any atom is -0.378 e. The third-order valence-electron chi connectivity index (χ3n) is 3.22. The maximum atomic E-state index is 6.23. The molecule has 1 aliphatic rings. The summed E-state index contributed by atoms with van der Waals surface area (Å²) < 4.78 is 5.52. The lowest BCUT2D eigenvalue weighted by Gasteiger charge is -2.22. The first-order valence-electron chi connectivity index (χ1n) is 5.41. The molecule has 3 atom stereocenters. The van der Waals surface area contributed by atoms with E-state index in [4.69, 9.17) is 33.7 Å². The van der Waals surface area contributed by atoms with Gasteiger partial charge in [0.25, 0.3) is 0 Å². The molecule has 88 valence electrons. The molecule has 1 heterocycles. The Morgan fingerprint density at radius 3 is 2.69 bits per heavy atom. The highest BCUT2D eigenvalue weighted by Crippen LogP contribution is 2.33. The molecule has 0 bridgehead atoms. The van der Waals surface area contributed by atoms with Gasteiger partial charge in [0.15, 0.2) is 0 Å². The molecule has 2 rings (SSSR count). The van der Waals surface area contributed by atoms with Crippen LogP contribution in [0.3, 0.4) is 0 Å². The summed E-state index contributed by atoms with van der Waals surface area (Å²) in [5, 5.41) is 1.12. The first-order valence-corrected chi connectivity index (χ1v) is 6.17. The smallest absolute Gasteiger partial charge is 0.0595 e. The summed E-state index contributed by atoms with van der Waals surface area (Å²) in [5.41, 5.74) is 7.25. The number of hydrogen-bond donors (Lipinski definition) is 1. The standard InChI is InChI=1S/C12H15Cl2NO/c1-7-9(4-5-16-7)12(15)8-2-3-10(13)11(14)6-8/h2-3,6-7,9,12H,4-5,15H2,1H3. The van der Waals surface area contributed by atoms with Gasteiger partial charge in [-0.3, -0.25) is 0 Å². The number of benzene rings is 1. The maximum absolute atomic E-state index is 6.23. The van der Waals surface area contributed by atoms with Crippen LogP contribution in [0.15, 0.2) is 18.2 Å². The molecule has 1 fully saturated rings. The minimum atomic E-state index is -0.0349. The van der Waals surface area contributed by atoms with E-state index in [0.29, 0.717) is 16.0 Å². The molecule has 0 aromatic heterocycles. The van der Waals surface area contributed by atoms with Gasteiger partial charge in [0.2, 0.25) is 0 Å². The number of rotatable bonds is 2. The zero-order valence-corrected chi connectivity index (χ0v) is 10.6. The van der Waals surface area contributed by atoms with Crippen LogP contribution in [0.5, 0.6) is 0 Å². The summed E-state index contributed by atoms with van der Waals surface area (Å²) in [4.78, 5) is 0. The lowest BCUT2D eigenvalue weighted by molar-refractivity contribution is 0.0995. The van der Waals surface area contributed by atoms with E-state index in [2.05, 4.69) is 6.92 Å². The lowest BCUT2D eigenvalue weighted by atomic mass is 9.89. The summed E-state index contributed by atoms with van der Waals surface area (Å²) in [7, 11) is 0. The van der Waals surface area contributed by atoms with Crippen LogP contribution >= 0.6 is 23.2 Å². The van der Waals surface area contributed by atoms with E-state index >= 15 is 0 Å². The van der Waals surface area contributed by atoms with Gasteiger partial charge in [-0.2, -0.15) is 0 Å². The summed E-state index contributed by atoms with van der Waals surface area (Å²) in [6.45, 7) is 2.86. The summed E-state index contributed by atoms with van der Waals surface area (Å²) >= 11 is 11.9. The van der Waals surface area contributed by atoms with Crippen molar-refractivity contribution in [3.8, 4) is 0 Å². The molecule has 2 N–H and O–H groups in total. The van der Waals surface area contributed by atoms with E-state index in [1.165, 1.54) is 0 Å². The van der Waals surface area contributed by atoms with E-state index in [-0.39, 0.29) is 12.1 Å². The monoisotopic (exact) mass is 259 g/mol. The van der Waals surface area contributed by atoms with Gasteiger partial charge in [-0.15, -0.1) is 0 Å². The third kappa shape index (κ3) is 2.35. The van der Waals surface area contributed by atoms with Crippen molar-refractivity contribution in [1.29, 1.82) is 0 Å². The molecule has 1 aromatic rings. The molecule has 0 spiro atoms. The summed E-state index contributed by atoms with van der Waals surface area (Å²) in [6, 6.07) is 5.54. The van der Waals surface area contributed by atoms with Crippen molar-refractivity contribution >= 4 is 23.2 Å². The summed E-state index contributed by atoms with van der Waals surface area (Å²) in [5.74, 6) is 0.359. The second-order valence-electron chi connectivity index (χ2n) is 4.23. The Morgan fingerprint density at radius 1 is 1.38 bits per heavy atom. The first kappa shape index (κ1) is 12.2. The molecule has 0 aliphatic carbocycles. The number of ether oxygens (including phenoxy) is 1. The highest BCUT2D eigenvalue weighted by Gasteiger charge is 2.30. The first-order chi connectivity index (χ1) is 7.59. The zero-order valence-electron chi connectivity index (χ0n) is 9.12. The van der Waals surface area contributed by atoms with Crippen LogP contribution in [0, 0.1) is 5.92 Å². The normalized spacial score (nSPS) is 27.0. The van der Waals surface area contributed by atoms with Crippen LogP contribution in [0.2, 0.25) is 10.0 Å². The van der Waals surface area contributed by atoms with E-state index in [0.717, 1.165) is 18.6 Å². The molecule has 0 radical (unpaired) electrons. The fourth-order valence-electron chi connectivity index (χ4n) is 2.19. The zero-order chi connectivity index (χ0) is 11.7. The van der Waals surface area contributed by atoms with Crippen LogP contribution in [-0.4, -0.2) is 12.7 Å². The Morgan fingerprint density at radius 2 is 2.12 bits per heavy atom. The van der Waals surface area contributed by atoms with Crippen molar-refractivity contribution in [3.05, 3.63) is 33.8 Å². The average molecular weight is 260 g/mol. The molecule has 0 amide bonds. The molecular formula is C12H15Cl2NO. The number of hydrogen-bond acceptors (Lipinski definition) is 2. The fraction of sp³-hybridized carbons (Fsp3) is 0.500. The Hall–Kier alpha value is -0.280. The van der Waals surface area contributed by atoms with Crippen molar-refractivity contribution in [2.45, 2.75) is 25.5 Å². The lowest BCUT2D eigenvalue weighted by Crippen LogP contribution is -2.26. The van der Waals surface area contributed by atoms with Crippen molar-refractivity contribution in [1.82, 2.24) is 0 Å². The van der Waals surface area contributed by atoms with Crippen LogP contribution < -0.4 is 5.73 Å². The average Bonchev–Trinajstić information content (AvgIpc) is 2.67. The van der Waals surface area contributed by atoms with Gasteiger partial charge in [0.05, 0.1) is 16.1 Å². The molecule has 1 aliphatic heterocycles. The van der Waals surface area contributed by atoms with Crippen LogP contribution in [-0.2, 0) is 4.74 Å². The quantitative estimate of drug-likeness (QED) is 0.884. The minimum absolute atomic E-state index is 0.0349. The Kier molecular flexibility index (Phi) is 3.75. The van der Waals surface area contributed by atoms with Gasteiger partial charge >= 0.3 is 0 Å². The fourth-order valence-corrected chi connectivity index (χ4v) is 2.49. The van der Waals surface area contributed by atoms with Crippen LogP contribution in [0.4, 0.5) is 0 Å². The topological polar surface area (TPSA) is 35.2 Å². The second-order valence-corrected chi connectivity index (χ2v) is 5.04. The molecule has 16 heavy (non-hydrogen) atoms. The predicted octanol–water partition coefficient (Wildman–Crippen LogP) is 3.42. The van der Waals surface area contributed by atoms with Gasteiger partial charge in [-0.25, -0.2) is 0 Å². The van der Waals surface area contributed by atoms with E-state index < -0.39 is 0 Å². The third-order valence-corrected chi connectivity index (χ3v) is 3.96. The molecule has 0 saturated carbocycles. The molecule has 4 heteroatoms. The van der Waals surface area contributed by atoms with Gasteiger partial charge in [-0.1, -0.05) is 29.3 Å². The molecule has 2 nitrogen and oxygen atoms in total. The Balaban J connectivity index is 2.20. The van der Waals surface area contributed by atoms with Crippen molar-refractivity contribution in [2.75, 3.05) is 6.61 Å². The van der Waals surface area contributed by atoms with Crippen molar-refractivity contribution in [2.24, 2.45) is 11.7 Å². The van der Waals surface area contributed by atoms with E-state index in [9.17, 15) is 0 Å². The van der Waals surface area contributed by atoms with E-state index in [1.54, 1.807) is 6.07 Å². The Labute approximate surface area is 106 Å². The summed E-state index contributed by atoms with van der Waals surface area (Å²) in [6.07, 6.45) is 1.22. The van der Waals surface area contributed by atoms with Gasteiger partial charge < -0.3 is 10.5 Å². The molecular weight excluding hydrogens is 245 g/mol. The molecule has 3 unspecified atom stereocenters. The van der Waals surface area contributed by atoms with Crippen molar-refractivity contribution in [3.63, 3.8) is 0 Å². The number of halogens is 2. The van der Waals surface area contributed by atoms with E-state index in [1.807, 2.05) is 12.1 Å². The van der Waals surface area contributed by atoms with Crippen LogP contribution in [0.25, 0.3) is 0 Å². The van der Waals surface area contributed by atoms with Gasteiger partial charge in [-0.05, 0) is 31.0 Å². The largest absolute Gasteiger partial charge is 0.378 e. The molecule has 1 saturated heterocycles. The van der Waals surface area contributed by atoms with Crippen LogP contribution in [0.1, 0.15) is 24.9 Å². The maximum Gasteiger partial charge on any atom is 0.0595 e.